The maximum absolute atomic E-state index is 6.04. The average molecular weight is 278 g/mol. The molecule has 2 aromatic rings. The monoisotopic (exact) mass is 277 g/mol. The van der Waals surface area contributed by atoms with E-state index in [1.807, 2.05) is 16.8 Å². The van der Waals surface area contributed by atoms with Gasteiger partial charge in [-0.2, -0.15) is 0 Å². The number of rotatable bonds is 4. The van der Waals surface area contributed by atoms with Crippen LogP contribution in [0, 0.1) is 5.92 Å². The van der Waals surface area contributed by atoms with Crippen LogP contribution in [0.3, 0.4) is 0 Å². The number of nitrogens with two attached hydrogens (primary N) is 1. The first-order chi connectivity index (χ1) is 9.19. The lowest BCUT2D eigenvalue weighted by Crippen LogP contribution is -2.02. The zero-order valence-electron chi connectivity index (χ0n) is 10.8. The number of nitrogens with zero attached hydrogens (tertiary/aromatic N) is 4. The topological polar surface area (TPSA) is 69.6 Å². The van der Waals surface area contributed by atoms with Crippen molar-refractivity contribution in [3.8, 4) is 11.4 Å². The second-order valence-electron chi connectivity index (χ2n) is 5.07. The molecule has 1 aliphatic rings. The van der Waals surface area contributed by atoms with Crippen LogP contribution in [0.5, 0.6) is 0 Å². The molecule has 1 aliphatic carbocycles. The third kappa shape index (κ3) is 2.42. The molecule has 1 aromatic carbocycles. The van der Waals surface area contributed by atoms with Gasteiger partial charge in [0.25, 0.3) is 0 Å². The van der Waals surface area contributed by atoms with E-state index < -0.39 is 0 Å². The molecule has 5 nitrogen and oxygen atoms in total. The molecule has 3 rings (SSSR count). The fraction of sp³-hybridized carbons (Fsp3) is 0.462. The number of aromatic nitrogens is 4. The predicted molar refractivity (Wildman–Crippen MR) is 74.7 cm³/mol. The molecule has 0 bridgehead atoms. The lowest BCUT2D eigenvalue weighted by Gasteiger charge is -2.05. The van der Waals surface area contributed by atoms with Gasteiger partial charge in [0, 0.05) is 16.3 Å². The Balaban J connectivity index is 1.92. The standard InChI is InChI=1S/C13H16ClN5/c1-2-3-8-6-12(8)19-13(16-17-18-19)9-4-10(14)7-11(15)5-9/h4-5,7-8,12H,2-3,6,15H2,1H3. The van der Waals surface area contributed by atoms with E-state index in [0.29, 0.717) is 22.7 Å². The summed E-state index contributed by atoms with van der Waals surface area (Å²) < 4.78 is 1.91. The fourth-order valence-electron chi connectivity index (χ4n) is 2.56. The highest BCUT2D eigenvalue weighted by atomic mass is 35.5. The molecule has 0 radical (unpaired) electrons. The van der Waals surface area contributed by atoms with Gasteiger partial charge < -0.3 is 5.73 Å². The Morgan fingerprint density at radius 2 is 2.26 bits per heavy atom. The molecule has 2 unspecified atom stereocenters. The molecule has 2 N–H and O–H groups in total. The Morgan fingerprint density at radius 3 is 3.00 bits per heavy atom. The minimum atomic E-state index is 0.421. The summed E-state index contributed by atoms with van der Waals surface area (Å²) in [5.41, 5.74) is 7.32. The van der Waals surface area contributed by atoms with Gasteiger partial charge in [0.05, 0.1) is 6.04 Å². The van der Waals surface area contributed by atoms with Gasteiger partial charge in [-0.25, -0.2) is 4.68 Å². The third-order valence-corrected chi connectivity index (χ3v) is 3.75. The first-order valence-electron chi connectivity index (χ1n) is 6.53. The predicted octanol–water partition coefficient (Wildman–Crippen LogP) is 2.94. The van der Waals surface area contributed by atoms with Gasteiger partial charge in [-0.3, -0.25) is 0 Å². The van der Waals surface area contributed by atoms with Crippen LogP contribution in [0.15, 0.2) is 18.2 Å². The summed E-state index contributed by atoms with van der Waals surface area (Å²) >= 11 is 6.04. The maximum atomic E-state index is 6.04. The van der Waals surface area contributed by atoms with E-state index in [0.717, 1.165) is 17.8 Å². The molecule has 0 saturated heterocycles. The van der Waals surface area contributed by atoms with Crippen LogP contribution < -0.4 is 5.73 Å². The summed E-state index contributed by atoms with van der Waals surface area (Å²) in [5.74, 6) is 1.45. The van der Waals surface area contributed by atoms with Gasteiger partial charge in [-0.15, -0.1) is 5.10 Å². The summed E-state index contributed by atoms with van der Waals surface area (Å²) in [5, 5.41) is 12.6. The Labute approximate surface area is 116 Å². The van der Waals surface area contributed by atoms with Gasteiger partial charge in [0.15, 0.2) is 5.82 Å². The highest BCUT2D eigenvalue weighted by Crippen LogP contribution is 2.47. The van der Waals surface area contributed by atoms with E-state index in [1.165, 1.54) is 12.8 Å². The molecule has 1 fully saturated rings. The number of tetrazole rings is 1. The van der Waals surface area contributed by atoms with Crippen LogP contribution in [0.25, 0.3) is 11.4 Å². The summed E-state index contributed by atoms with van der Waals surface area (Å²) in [6.45, 7) is 2.20. The molecular formula is C13H16ClN5. The largest absolute Gasteiger partial charge is 0.399 e. The first-order valence-corrected chi connectivity index (χ1v) is 6.91. The van der Waals surface area contributed by atoms with E-state index in [2.05, 4.69) is 22.4 Å². The Bertz CT molecular complexity index is 574. The Morgan fingerprint density at radius 1 is 1.42 bits per heavy atom. The minimum Gasteiger partial charge on any atom is -0.399 e. The van der Waals surface area contributed by atoms with Crippen LogP contribution in [0.2, 0.25) is 5.02 Å². The van der Waals surface area contributed by atoms with Crippen molar-refractivity contribution < 1.29 is 0 Å². The van der Waals surface area contributed by atoms with Gasteiger partial charge in [-0.1, -0.05) is 24.9 Å². The SMILES string of the molecule is CCCC1CC1n1nnnc1-c1cc(N)cc(Cl)c1. The van der Waals surface area contributed by atoms with Crippen molar-refractivity contribution in [2.45, 2.75) is 32.2 Å². The molecule has 100 valence electrons. The molecule has 0 aliphatic heterocycles. The summed E-state index contributed by atoms with van der Waals surface area (Å²) in [6.07, 6.45) is 3.58. The van der Waals surface area contributed by atoms with Crippen molar-refractivity contribution in [2.75, 3.05) is 5.73 Å². The molecule has 1 aromatic heterocycles. The second-order valence-corrected chi connectivity index (χ2v) is 5.51. The first kappa shape index (κ1) is 12.4. The number of anilines is 1. The van der Waals surface area contributed by atoms with Crippen molar-refractivity contribution in [3.05, 3.63) is 23.2 Å². The molecular weight excluding hydrogens is 262 g/mol. The van der Waals surface area contributed by atoms with E-state index in [-0.39, 0.29) is 0 Å². The van der Waals surface area contributed by atoms with Gasteiger partial charge in [-0.05, 0) is 47.4 Å². The third-order valence-electron chi connectivity index (χ3n) is 3.53. The van der Waals surface area contributed by atoms with Crippen molar-refractivity contribution in [3.63, 3.8) is 0 Å². The lowest BCUT2D eigenvalue weighted by atomic mass is 10.2. The molecule has 1 saturated carbocycles. The van der Waals surface area contributed by atoms with Crippen molar-refractivity contribution >= 4 is 17.3 Å². The lowest BCUT2D eigenvalue weighted by molar-refractivity contribution is 0.548. The number of hydrogen-bond donors (Lipinski definition) is 1. The molecule has 19 heavy (non-hydrogen) atoms. The number of nitrogen functional groups attached to an aromatic ring is 1. The number of hydrogen-bond acceptors (Lipinski definition) is 4. The zero-order valence-corrected chi connectivity index (χ0v) is 11.5. The van der Waals surface area contributed by atoms with Crippen LogP contribution in [0.4, 0.5) is 5.69 Å². The average Bonchev–Trinajstić information content (AvgIpc) is 2.94. The Kier molecular flexibility index (Phi) is 3.14. The van der Waals surface area contributed by atoms with E-state index in [1.54, 1.807) is 6.07 Å². The van der Waals surface area contributed by atoms with Gasteiger partial charge in [0.2, 0.25) is 0 Å². The van der Waals surface area contributed by atoms with Crippen molar-refractivity contribution in [1.82, 2.24) is 20.2 Å². The molecule has 0 amide bonds. The summed E-state index contributed by atoms with van der Waals surface area (Å²) in [4.78, 5) is 0. The normalized spacial score (nSPS) is 21.6. The van der Waals surface area contributed by atoms with Crippen molar-refractivity contribution in [2.24, 2.45) is 5.92 Å². The van der Waals surface area contributed by atoms with E-state index in [4.69, 9.17) is 17.3 Å². The second kappa shape index (κ2) is 4.81. The van der Waals surface area contributed by atoms with Crippen molar-refractivity contribution in [1.29, 1.82) is 0 Å². The van der Waals surface area contributed by atoms with Crippen LogP contribution in [-0.2, 0) is 0 Å². The minimum absolute atomic E-state index is 0.421. The van der Waals surface area contributed by atoms with Crippen LogP contribution >= 0.6 is 11.6 Å². The van der Waals surface area contributed by atoms with E-state index in [9.17, 15) is 0 Å². The number of halogens is 1. The smallest absolute Gasteiger partial charge is 0.182 e. The summed E-state index contributed by atoms with van der Waals surface area (Å²) in [7, 11) is 0. The van der Waals surface area contributed by atoms with Gasteiger partial charge in [0.1, 0.15) is 0 Å². The molecule has 0 spiro atoms. The van der Waals surface area contributed by atoms with E-state index >= 15 is 0 Å². The number of benzene rings is 1. The molecule has 6 heteroatoms. The highest BCUT2D eigenvalue weighted by Gasteiger charge is 2.40. The zero-order chi connectivity index (χ0) is 13.4. The quantitative estimate of drug-likeness (QED) is 0.873. The summed E-state index contributed by atoms with van der Waals surface area (Å²) in [6, 6.07) is 5.84. The molecule has 1 heterocycles. The maximum Gasteiger partial charge on any atom is 0.182 e. The van der Waals surface area contributed by atoms with Gasteiger partial charge >= 0.3 is 0 Å². The molecule has 2 atom stereocenters. The highest BCUT2D eigenvalue weighted by molar-refractivity contribution is 6.31. The van der Waals surface area contributed by atoms with Crippen LogP contribution in [-0.4, -0.2) is 20.2 Å². The fourth-order valence-corrected chi connectivity index (χ4v) is 2.80. The van der Waals surface area contributed by atoms with Crippen LogP contribution in [0.1, 0.15) is 32.2 Å². The Hall–Kier alpha value is -1.62.